The summed E-state index contributed by atoms with van der Waals surface area (Å²) >= 11 is 7.13. The second-order valence-electron chi connectivity index (χ2n) is 4.85. The molecule has 1 aromatic heterocycles. The Labute approximate surface area is 148 Å². The maximum absolute atomic E-state index is 11.8. The fourth-order valence-corrected chi connectivity index (χ4v) is 2.75. The molecule has 0 aliphatic heterocycles. The molecule has 1 heterocycles. The molecule has 0 saturated carbocycles. The summed E-state index contributed by atoms with van der Waals surface area (Å²) in [7, 11) is 0. The van der Waals surface area contributed by atoms with Crippen molar-refractivity contribution < 1.29 is 14.3 Å². The lowest BCUT2D eigenvalue weighted by Crippen LogP contribution is -2.40. The third-order valence-corrected chi connectivity index (χ3v) is 4.08. The molecule has 24 heavy (non-hydrogen) atoms. The monoisotopic (exact) mass is 370 g/mol. The number of urea groups is 1. The van der Waals surface area contributed by atoms with Gasteiger partial charge in [-0.15, -0.1) is 0 Å². The summed E-state index contributed by atoms with van der Waals surface area (Å²) in [6.45, 7) is 3.59. The van der Waals surface area contributed by atoms with E-state index < -0.39 is 6.03 Å². The first-order valence-electron chi connectivity index (χ1n) is 7.52. The normalized spacial score (nSPS) is 10.8. The van der Waals surface area contributed by atoms with Gasteiger partial charge in [0.05, 0.1) is 16.8 Å². The molecule has 0 aliphatic carbocycles. The van der Waals surface area contributed by atoms with Crippen LogP contribution in [0.2, 0.25) is 5.02 Å². The van der Waals surface area contributed by atoms with E-state index in [1.807, 2.05) is 6.92 Å². The van der Waals surface area contributed by atoms with E-state index in [-0.39, 0.29) is 11.7 Å². The van der Waals surface area contributed by atoms with Crippen molar-refractivity contribution in [3.05, 3.63) is 23.2 Å². The quantitative estimate of drug-likeness (QED) is 0.490. The average Bonchev–Trinajstić information content (AvgIpc) is 2.94. The van der Waals surface area contributed by atoms with Gasteiger partial charge in [-0.1, -0.05) is 23.4 Å². The molecule has 0 saturated heterocycles. The van der Waals surface area contributed by atoms with Gasteiger partial charge >= 0.3 is 6.03 Å². The molecule has 3 amide bonds. The highest BCUT2D eigenvalue weighted by molar-refractivity contribution is 7.99. The van der Waals surface area contributed by atoms with Crippen LogP contribution in [0, 0.1) is 0 Å². The Hall–Kier alpha value is -1.77. The number of imide groups is 1. The molecule has 7 nitrogen and oxygen atoms in total. The molecule has 2 aromatic rings. The number of amides is 3. The zero-order valence-electron chi connectivity index (χ0n) is 13.2. The van der Waals surface area contributed by atoms with Gasteiger partial charge in [0.15, 0.2) is 5.16 Å². The average molecular weight is 371 g/mol. The van der Waals surface area contributed by atoms with Crippen LogP contribution in [0.15, 0.2) is 23.4 Å². The van der Waals surface area contributed by atoms with Crippen LogP contribution in [0.3, 0.4) is 0 Å². The minimum absolute atomic E-state index is 0.0833. The first-order valence-corrected chi connectivity index (χ1v) is 8.88. The van der Waals surface area contributed by atoms with Crippen molar-refractivity contribution in [3.8, 4) is 0 Å². The second kappa shape index (κ2) is 9.51. The number of aromatic amines is 1. The van der Waals surface area contributed by atoms with Crippen molar-refractivity contribution in [1.29, 1.82) is 0 Å². The number of nitrogens with zero attached hydrogens (tertiary/aromatic N) is 1. The van der Waals surface area contributed by atoms with E-state index in [4.69, 9.17) is 16.3 Å². The molecule has 0 spiro atoms. The Balaban J connectivity index is 1.71. The number of H-pyrrole nitrogens is 1. The van der Waals surface area contributed by atoms with Gasteiger partial charge in [0.1, 0.15) is 0 Å². The topological polar surface area (TPSA) is 96.1 Å². The van der Waals surface area contributed by atoms with Gasteiger partial charge in [0.2, 0.25) is 5.91 Å². The smallest absolute Gasteiger partial charge is 0.321 e. The van der Waals surface area contributed by atoms with Crippen molar-refractivity contribution in [3.63, 3.8) is 0 Å². The van der Waals surface area contributed by atoms with Crippen LogP contribution in [0.1, 0.15) is 13.3 Å². The molecule has 0 radical (unpaired) electrons. The number of fused-ring (bicyclic) bond motifs is 1. The molecule has 0 atom stereocenters. The molecule has 0 aliphatic rings. The minimum Gasteiger partial charge on any atom is -0.382 e. The van der Waals surface area contributed by atoms with E-state index in [9.17, 15) is 9.59 Å². The van der Waals surface area contributed by atoms with Crippen LogP contribution < -0.4 is 10.6 Å². The zero-order valence-corrected chi connectivity index (χ0v) is 14.8. The Morgan fingerprint density at radius 3 is 3.04 bits per heavy atom. The number of nitrogens with one attached hydrogen (secondary N) is 3. The molecule has 3 N–H and O–H groups in total. The Morgan fingerprint density at radius 1 is 1.42 bits per heavy atom. The van der Waals surface area contributed by atoms with E-state index in [0.717, 1.165) is 11.0 Å². The molecular formula is C15H19ClN4O3S. The van der Waals surface area contributed by atoms with Crippen molar-refractivity contribution in [2.75, 3.05) is 25.5 Å². The van der Waals surface area contributed by atoms with Crippen LogP contribution in [-0.4, -0.2) is 47.4 Å². The summed E-state index contributed by atoms with van der Waals surface area (Å²) in [4.78, 5) is 30.7. The zero-order chi connectivity index (χ0) is 17.4. The van der Waals surface area contributed by atoms with Gasteiger partial charge in [-0.05, 0) is 31.5 Å². The molecule has 0 unspecified atom stereocenters. The van der Waals surface area contributed by atoms with Crippen molar-refractivity contribution >= 4 is 46.3 Å². The molecule has 9 heteroatoms. The maximum Gasteiger partial charge on any atom is 0.321 e. The predicted molar refractivity (Wildman–Crippen MR) is 94.5 cm³/mol. The number of hydrogen-bond donors (Lipinski definition) is 3. The lowest BCUT2D eigenvalue weighted by atomic mass is 10.3. The first kappa shape index (κ1) is 18.6. The molecule has 0 fully saturated rings. The number of imidazole rings is 1. The van der Waals surface area contributed by atoms with Crippen LogP contribution in [0.4, 0.5) is 4.79 Å². The summed E-state index contributed by atoms with van der Waals surface area (Å²) in [5.41, 5.74) is 1.58. The number of ether oxygens (including phenoxy) is 1. The number of thioether (sulfide) groups is 1. The van der Waals surface area contributed by atoms with Crippen molar-refractivity contribution in [1.82, 2.24) is 20.6 Å². The first-order chi connectivity index (χ1) is 11.6. The van der Waals surface area contributed by atoms with Gasteiger partial charge < -0.3 is 15.0 Å². The Bertz CT molecular complexity index is 707. The van der Waals surface area contributed by atoms with E-state index in [1.54, 1.807) is 18.2 Å². The standard InChI is InChI=1S/C15H19ClN4O3S/c1-2-23-7-3-6-17-14(22)20-13(21)9-24-15-18-11-5-4-10(16)8-12(11)19-15/h4-5,8H,2-3,6-7,9H2,1H3,(H,18,19)(H2,17,20,21,22). The van der Waals surface area contributed by atoms with E-state index in [2.05, 4.69) is 20.6 Å². The van der Waals surface area contributed by atoms with Crippen LogP contribution in [0.5, 0.6) is 0 Å². The molecular weight excluding hydrogens is 352 g/mol. The summed E-state index contributed by atoms with van der Waals surface area (Å²) in [6, 6.07) is 4.81. The Morgan fingerprint density at radius 2 is 2.25 bits per heavy atom. The van der Waals surface area contributed by atoms with Gasteiger partial charge in [-0.2, -0.15) is 0 Å². The van der Waals surface area contributed by atoms with Crippen LogP contribution in [0.25, 0.3) is 11.0 Å². The van der Waals surface area contributed by atoms with Gasteiger partial charge in [0.25, 0.3) is 0 Å². The number of hydrogen-bond acceptors (Lipinski definition) is 5. The lowest BCUT2D eigenvalue weighted by Gasteiger charge is -2.06. The SMILES string of the molecule is CCOCCCNC(=O)NC(=O)CSc1nc2ccc(Cl)cc2[nH]1. The maximum atomic E-state index is 11.8. The molecule has 0 bridgehead atoms. The summed E-state index contributed by atoms with van der Waals surface area (Å²) in [5, 5.41) is 6.08. The summed E-state index contributed by atoms with van der Waals surface area (Å²) < 4.78 is 5.16. The third-order valence-electron chi connectivity index (χ3n) is 2.97. The largest absolute Gasteiger partial charge is 0.382 e. The van der Waals surface area contributed by atoms with Gasteiger partial charge in [-0.25, -0.2) is 9.78 Å². The number of carbonyl (C=O) groups excluding carboxylic acids is 2. The highest BCUT2D eigenvalue weighted by Gasteiger charge is 2.10. The van der Waals surface area contributed by atoms with E-state index in [0.29, 0.717) is 36.4 Å². The number of carbonyl (C=O) groups is 2. The highest BCUT2D eigenvalue weighted by Crippen LogP contribution is 2.21. The molecule has 130 valence electrons. The van der Waals surface area contributed by atoms with Gasteiger partial charge in [-0.3, -0.25) is 10.1 Å². The second-order valence-corrected chi connectivity index (χ2v) is 6.25. The van der Waals surface area contributed by atoms with Gasteiger partial charge in [0, 0.05) is 24.8 Å². The number of rotatable bonds is 8. The lowest BCUT2D eigenvalue weighted by molar-refractivity contribution is -0.117. The van der Waals surface area contributed by atoms with Crippen molar-refractivity contribution in [2.24, 2.45) is 0 Å². The summed E-state index contributed by atoms with van der Waals surface area (Å²) in [6.07, 6.45) is 0.700. The Kier molecular flexibility index (Phi) is 7.36. The number of aromatic nitrogens is 2. The minimum atomic E-state index is -0.506. The fourth-order valence-electron chi connectivity index (χ4n) is 1.89. The fraction of sp³-hybridized carbons (Fsp3) is 0.400. The molecule has 1 aromatic carbocycles. The van der Waals surface area contributed by atoms with Crippen molar-refractivity contribution in [2.45, 2.75) is 18.5 Å². The summed E-state index contributed by atoms with van der Waals surface area (Å²) in [5.74, 6) is -0.305. The third kappa shape index (κ3) is 6.03. The predicted octanol–water partition coefficient (Wildman–Crippen LogP) is 2.56. The molecule has 2 rings (SSSR count). The van der Waals surface area contributed by atoms with E-state index in [1.165, 1.54) is 11.8 Å². The number of halogens is 1. The van der Waals surface area contributed by atoms with Crippen LogP contribution >= 0.6 is 23.4 Å². The van der Waals surface area contributed by atoms with Crippen LogP contribution in [-0.2, 0) is 9.53 Å². The van der Waals surface area contributed by atoms with E-state index >= 15 is 0 Å². The highest BCUT2D eigenvalue weighted by atomic mass is 35.5. The number of benzene rings is 1.